The van der Waals surface area contributed by atoms with E-state index in [0.717, 1.165) is 12.1 Å². The van der Waals surface area contributed by atoms with Gasteiger partial charge in [0.25, 0.3) is 0 Å². The van der Waals surface area contributed by atoms with E-state index >= 15 is 0 Å². The van der Waals surface area contributed by atoms with Crippen molar-refractivity contribution in [1.82, 2.24) is 25.1 Å². The predicted octanol–water partition coefficient (Wildman–Crippen LogP) is 5.22. The number of alkyl halides is 3. The Labute approximate surface area is 180 Å². The number of anilines is 2. The summed E-state index contributed by atoms with van der Waals surface area (Å²) in [5.41, 5.74) is 0.114. The molecule has 2 aromatic carbocycles. The van der Waals surface area contributed by atoms with Gasteiger partial charge in [0.1, 0.15) is 5.75 Å². The first-order valence-electron chi connectivity index (χ1n) is 9.51. The Bertz CT molecular complexity index is 1210. The topological polar surface area (TPSA) is 97.8 Å². The number of nitrogens with one attached hydrogen (secondary N) is 2. The molecule has 8 nitrogen and oxygen atoms in total. The average molecular weight is 442 g/mol. The highest BCUT2D eigenvalue weighted by Gasteiger charge is 2.30. The normalized spacial score (nSPS) is 11.2. The van der Waals surface area contributed by atoms with Crippen molar-refractivity contribution in [2.45, 2.75) is 13.1 Å². The molecule has 0 unspecified atom stereocenters. The summed E-state index contributed by atoms with van der Waals surface area (Å²) in [5, 5.41) is 9.54. The Kier molecular flexibility index (Phi) is 5.88. The lowest BCUT2D eigenvalue weighted by atomic mass is 10.2. The summed E-state index contributed by atoms with van der Waals surface area (Å²) in [6, 6.07) is 13.6. The van der Waals surface area contributed by atoms with Crippen molar-refractivity contribution >= 4 is 11.6 Å². The quantitative estimate of drug-likeness (QED) is 0.405. The number of aromatic amines is 1. The predicted molar refractivity (Wildman–Crippen MR) is 110 cm³/mol. The fourth-order valence-electron chi connectivity index (χ4n) is 2.76. The summed E-state index contributed by atoms with van der Waals surface area (Å²) in [4.78, 5) is 12.4. The second kappa shape index (κ2) is 8.92. The van der Waals surface area contributed by atoms with Crippen molar-refractivity contribution in [3.8, 4) is 29.0 Å². The molecular formula is C21H17F3N6O2. The Hall–Kier alpha value is -4.15. The minimum absolute atomic E-state index is 0.128. The molecule has 0 saturated carbocycles. The lowest BCUT2D eigenvalue weighted by molar-refractivity contribution is -0.137. The van der Waals surface area contributed by atoms with Crippen molar-refractivity contribution in [2.75, 3.05) is 11.9 Å². The number of nitrogens with zero attached hydrogens (tertiary/aromatic N) is 4. The molecule has 0 saturated heterocycles. The van der Waals surface area contributed by atoms with Gasteiger partial charge in [0.05, 0.1) is 12.2 Å². The number of H-pyrrole nitrogens is 1. The van der Waals surface area contributed by atoms with Crippen LogP contribution in [0.1, 0.15) is 12.5 Å². The SMILES string of the molecule is CCOc1nccc(Oc2cccc(-c3nc(Nc4cccc(C(F)(F)F)c4)n[nH]3)c2)n1. The standard InChI is InChI=1S/C21H17F3N6O2/c1-2-31-20-25-10-9-17(27-20)32-16-8-3-5-13(11-16)18-28-19(30-29-18)26-15-7-4-6-14(12-15)21(22,23)24/h3-12H,2H2,1H3,(H2,26,28,29,30). The van der Waals surface area contributed by atoms with Gasteiger partial charge in [0.2, 0.25) is 11.8 Å². The summed E-state index contributed by atoms with van der Waals surface area (Å²) in [7, 11) is 0. The fraction of sp³-hybridized carbons (Fsp3) is 0.143. The molecule has 0 radical (unpaired) electrons. The molecule has 11 heteroatoms. The monoisotopic (exact) mass is 442 g/mol. The third kappa shape index (κ3) is 5.12. The van der Waals surface area contributed by atoms with E-state index < -0.39 is 11.7 Å². The van der Waals surface area contributed by atoms with Crippen LogP contribution in [-0.2, 0) is 6.18 Å². The van der Waals surface area contributed by atoms with Crippen molar-refractivity contribution in [1.29, 1.82) is 0 Å². The number of benzene rings is 2. The van der Waals surface area contributed by atoms with Gasteiger partial charge in [0.15, 0.2) is 5.82 Å². The minimum Gasteiger partial charge on any atom is -0.464 e. The molecule has 0 aliphatic rings. The van der Waals surface area contributed by atoms with Crippen LogP contribution in [0.3, 0.4) is 0 Å². The van der Waals surface area contributed by atoms with E-state index in [0.29, 0.717) is 29.6 Å². The third-order valence-corrected chi connectivity index (χ3v) is 4.14. The largest absolute Gasteiger partial charge is 0.464 e. The lowest BCUT2D eigenvalue weighted by Gasteiger charge is -2.08. The second-order valence-electron chi connectivity index (χ2n) is 6.45. The van der Waals surface area contributed by atoms with Crippen LogP contribution in [0, 0.1) is 0 Å². The Morgan fingerprint density at radius 2 is 1.88 bits per heavy atom. The van der Waals surface area contributed by atoms with Crippen LogP contribution >= 0.6 is 0 Å². The maximum absolute atomic E-state index is 12.9. The Morgan fingerprint density at radius 1 is 1.03 bits per heavy atom. The van der Waals surface area contributed by atoms with Gasteiger partial charge in [0, 0.05) is 23.5 Å². The van der Waals surface area contributed by atoms with Gasteiger partial charge in [-0.3, -0.25) is 5.10 Å². The molecule has 0 aliphatic heterocycles. The Morgan fingerprint density at radius 3 is 2.69 bits per heavy atom. The van der Waals surface area contributed by atoms with Gasteiger partial charge in [-0.15, -0.1) is 5.10 Å². The molecule has 2 aromatic heterocycles. The van der Waals surface area contributed by atoms with Crippen LogP contribution in [-0.4, -0.2) is 31.8 Å². The fourth-order valence-corrected chi connectivity index (χ4v) is 2.76. The zero-order chi connectivity index (χ0) is 22.6. The van der Waals surface area contributed by atoms with Gasteiger partial charge in [-0.2, -0.15) is 23.1 Å². The summed E-state index contributed by atoms with van der Waals surface area (Å²) in [6.07, 6.45) is -2.91. The first-order chi connectivity index (χ1) is 15.4. The third-order valence-electron chi connectivity index (χ3n) is 4.14. The molecule has 0 amide bonds. The smallest absolute Gasteiger partial charge is 0.416 e. The van der Waals surface area contributed by atoms with Gasteiger partial charge in [-0.1, -0.05) is 18.2 Å². The van der Waals surface area contributed by atoms with Crippen LogP contribution in [0.5, 0.6) is 17.6 Å². The highest BCUT2D eigenvalue weighted by atomic mass is 19.4. The molecule has 32 heavy (non-hydrogen) atoms. The average Bonchev–Trinajstić information content (AvgIpc) is 3.23. The molecule has 4 rings (SSSR count). The number of rotatable bonds is 7. The first-order valence-corrected chi connectivity index (χ1v) is 9.51. The van der Waals surface area contributed by atoms with Crippen molar-refractivity contribution in [2.24, 2.45) is 0 Å². The summed E-state index contributed by atoms with van der Waals surface area (Å²) >= 11 is 0. The number of aromatic nitrogens is 5. The molecule has 0 aliphatic carbocycles. The molecule has 0 fully saturated rings. The highest BCUT2D eigenvalue weighted by molar-refractivity contribution is 5.61. The van der Waals surface area contributed by atoms with Crippen LogP contribution < -0.4 is 14.8 Å². The number of ether oxygens (including phenoxy) is 2. The molecule has 0 atom stereocenters. The van der Waals surface area contributed by atoms with E-state index in [4.69, 9.17) is 9.47 Å². The maximum Gasteiger partial charge on any atom is 0.416 e. The minimum atomic E-state index is -4.44. The van der Waals surface area contributed by atoms with E-state index in [-0.39, 0.29) is 17.6 Å². The second-order valence-corrected chi connectivity index (χ2v) is 6.45. The maximum atomic E-state index is 12.9. The van der Waals surface area contributed by atoms with Crippen LogP contribution in [0.4, 0.5) is 24.8 Å². The Balaban J connectivity index is 1.49. The number of hydrogen-bond acceptors (Lipinski definition) is 7. The number of halogens is 3. The molecule has 0 spiro atoms. The highest BCUT2D eigenvalue weighted by Crippen LogP contribution is 2.31. The van der Waals surface area contributed by atoms with Gasteiger partial charge >= 0.3 is 12.2 Å². The lowest BCUT2D eigenvalue weighted by Crippen LogP contribution is -2.05. The van der Waals surface area contributed by atoms with Crippen LogP contribution in [0.25, 0.3) is 11.4 Å². The molecule has 4 aromatic rings. The first kappa shape index (κ1) is 21.1. The van der Waals surface area contributed by atoms with E-state index in [1.54, 1.807) is 30.3 Å². The van der Waals surface area contributed by atoms with E-state index in [1.165, 1.54) is 18.3 Å². The molecule has 2 N–H and O–H groups in total. The summed E-state index contributed by atoms with van der Waals surface area (Å²) < 4.78 is 49.7. The van der Waals surface area contributed by atoms with Gasteiger partial charge in [-0.05, 0) is 37.3 Å². The van der Waals surface area contributed by atoms with Crippen molar-refractivity contribution in [3.05, 3.63) is 66.4 Å². The van der Waals surface area contributed by atoms with Crippen LogP contribution in [0.15, 0.2) is 60.8 Å². The molecule has 164 valence electrons. The van der Waals surface area contributed by atoms with Crippen molar-refractivity contribution in [3.63, 3.8) is 0 Å². The summed E-state index contributed by atoms with van der Waals surface area (Å²) in [6.45, 7) is 2.26. The van der Waals surface area contributed by atoms with E-state index in [2.05, 4.69) is 30.5 Å². The molecule has 0 bridgehead atoms. The van der Waals surface area contributed by atoms with E-state index in [1.807, 2.05) is 6.92 Å². The number of hydrogen-bond donors (Lipinski definition) is 2. The summed E-state index contributed by atoms with van der Waals surface area (Å²) in [5.74, 6) is 1.34. The molecule has 2 heterocycles. The van der Waals surface area contributed by atoms with Gasteiger partial charge < -0.3 is 14.8 Å². The van der Waals surface area contributed by atoms with Gasteiger partial charge in [-0.25, -0.2) is 4.98 Å². The van der Waals surface area contributed by atoms with Crippen molar-refractivity contribution < 1.29 is 22.6 Å². The van der Waals surface area contributed by atoms with E-state index in [9.17, 15) is 13.2 Å². The molecular weight excluding hydrogens is 425 g/mol. The zero-order valence-electron chi connectivity index (χ0n) is 16.7. The zero-order valence-corrected chi connectivity index (χ0v) is 16.7. The van der Waals surface area contributed by atoms with Crippen LogP contribution in [0.2, 0.25) is 0 Å².